The van der Waals surface area contributed by atoms with E-state index >= 15 is 0 Å². The van der Waals surface area contributed by atoms with E-state index in [1.54, 1.807) is 0 Å². The van der Waals surface area contributed by atoms with Crippen molar-refractivity contribution < 1.29 is 4.48 Å². The molecule has 0 N–H and O–H groups in total. The summed E-state index contributed by atoms with van der Waals surface area (Å²) in [5.41, 5.74) is 0. The summed E-state index contributed by atoms with van der Waals surface area (Å²) in [7, 11) is 7.04. The van der Waals surface area contributed by atoms with E-state index in [-0.39, 0.29) is 0 Å². The van der Waals surface area contributed by atoms with Crippen LogP contribution in [-0.4, -0.2) is 32.2 Å². The van der Waals surface area contributed by atoms with E-state index in [1.165, 1.54) is 154 Å². The molecule has 0 unspecified atom stereocenters. The molecule has 1 saturated carbocycles. The summed E-state index contributed by atoms with van der Waals surface area (Å²) in [6.07, 6.45) is 34.3. The van der Waals surface area contributed by atoms with Gasteiger partial charge in [0.05, 0.1) is 27.7 Å². The lowest BCUT2D eigenvalue weighted by molar-refractivity contribution is -0.870. The smallest absolute Gasteiger partial charge is 0.0780 e. The maximum absolute atomic E-state index is 2.35. The zero-order valence-corrected chi connectivity index (χ0v) is 21.0. The summed E-state index contributed by atoms with van der Waals surface area (Å²) in [6, 6.07) is 0. The van der Waals surface area contributed by atoms with Crippen molar-refractivity contribution in [2.24, 2.45) is 5.92 Å². The summed E-state index contributed by atoms with van der Waals surface area (Å²) >= 11 is 0. The van der Waals surface area contributed by atoms with Gasteiger partial charge in [0.1, 0.15) is 0 Å². The molecule has 1 aliphatic carbocycles. The average molecular weight is 409 g/mol. The highest BCUT2D eigenvalue weighted by Gasteiger charge is 2.12. The number of quaternary nitrogens is 1. The molecular weight excluding hydrogens is 350 g/mol. The van der Waals surface area contributed by atoms with Crippen LogP contribution in [0.4, 0.5) is 0 Å². The molecule has 1 fully saturated rings. The summed E-state index contributed by atoms with van der Waals surface area (Å²) in [4.78, 5) is 0. The topological polar surface area (TPSA) is 0 Å². The Morgan fingerprint density at radius 2 is 0.724 bits per heavy atom. The van der Waals surface area contributed by atoms with Crippen molar-refractivity contribution in [3.8, 4) is 0 Å². The lowest BCUT2D eigenvalue weighted by Crippen LogP contribution is -2.35. The third kappa shape index (κ3) is 19.7. The first kappa shape index (κ1) is 27.0. The van der Waals surface area contributed by atoms with Crippen LogP contribution >= 0.6 is 0 Å². The number of nitrogens with zero attached hydrogens (tertiary/aromatic N) is 1. The zero-order chi connectivity index (χ0) is 21.0. The molecule has 0 aromatic heterocycles. The van der Waals surface area contributed by atoms with Crippen LogP contribution in [0.3, 0.4) is 0 Å². The normalized spacial score (nSPS) is 22.4. The Bertz CT molecular complexity index is 308. The first-order valence-corrected chi connectivity index (χ1v) is 13.9. The van der Waals surface area contributed by atoms with Gasteiger partial charge >= 0.3 is 0 Å². The molecule has 1 nitrogen and oxygen atoms in total. The van der Waals surface area contributed by atoms with Crippen LogP contribution in [0.1, 0.15) is 148 Å². The van der Waals surface area contributed by atoms with E-state index < -0.39 is 0 Å². The van der Waals surface area contributed by atoms with Gasteiger partial charge in [-0.1, -0.05) is 135 Å². The molecule has 1 aliphatic rings. The van der Waals surface area contributed by atoms with E-state index in [0.717, 1.165) is 10.4 Å². The Labute approximate surface area is 186 Å². The van der Waals surface area contributed by atoms with E-state index in [9.17, 15) is 0 Å². The highest BCUT2D eigenvalue weighted by molar-refractivity contribution is 4.62. The molecule has 174 valence electrons. The van der Waals surface area contributed by atoms with Crippen molar-refractivity contribution in [3.63, 3.8) is 0 Å². The molecule has 0 heterocycles. The number of hydrogen-bond donors (Lipinski definition) is 0. The average Bonchev–Trinajstić information content (AvgIpc) is 2.67. The summed E-state index contributed by atoms with van der Waals surface area (Å²) < 4.78 is 1.13. The van der Waals surface area contributed by atoms with Gasteiger partial charge in [-0.15, -0.1) is 0 Å². The van der Waals surface area contributed by atoms with Crippen LogP contribution in [0, 0.1) is 5.92 Å². The number of rotatable bonds is 4. The van der Waals surface area contributed by atoms with Crippen LogP contribution in [0.5, 0.6) is 0 Å². The fourth-order valence-electron chi connectivity index (χ4n) is 5.16. The van der Waals surface area contributed by atoms with Gasteiger partial charge in [-0.25, -0.2) is 0 Å². The standard InChI is InChI=1S/C28H58N/c1-29(2,3)27-23-26-28-24-21-19-17-15-13-11-9-7-5-4-6-8-10-12-14-16-18-20-22-25-28/h28H,4-27H2,1-3H3/q+1. The zero-order valence-electron chi connectivity index (χ0n) is 21.0. The maximum atomic E-state index is 2.35. The van der Waals surface area contributed by atoms with Gasteiger partial charge in [0.15, 0.2) is 0 Å². The van der Waals surface area contributed by atoms with Crippen LogP contribution in [0.15, 0.2) is 0 Å². The van der Waals surface area contributed by atoms with Gasteiger partial charge < -0.3 is 4.48 Å². The Hall–Kier alpha value is -0.0400. The SMILES string of the molecule is C[N+](C)(C)CCCC1CCCCCCCCCCCCCCCCCCCCC1. The van der Waals surface area contributed by atoms with Crippen LogP contribution < -0.4 is 0 Å². The summed E-state index contributed by atoms with van der Waals surface area (Å²) in [5.74, 6) is 1.01. The Kier molecular flexibility index (Phi) is 17.4. The molecule has 1 heteroatoms. The quantitative estimate of drug-likeness (QED) is 0.406. The first-order valence-electron chi connectivity index (χ1n) is 13.9. The Morgan fingerprint density at radius 1 is 0.448 bits per heavy atom. The fraction of sp³-hybridized carbons (Fsp3) is 1.00. The van der Waals surface area contributed by atoms with E-state index in [1.807, 2.05) is 0 Å². The monoisotopic (exact) mass is 408 g/mol. The minimum atomic E-state index is 1.01. The molecular formula is C28H58N+. The molecule has 29 heavy (non-hydrogen) atoms. The van der Waals surface area contributed by atoms with Crippen molar-refractivity contribution in [1.29, 1.82) is 0 Å². The van der Waals surface area contributed by atoms with Gasteiger partial charge in [-0.05, 0) is 18.8 Å². The molecule has 0 amide bonds. The van der Waals surface area contributed by atoms with Gasteiger partial charge in [0.25, 0.3) is 0 Å². The molecule has 0 atom stereocenters. The third-order valence-corrected chi connectivity index (χ3v) is 7.17. The minimum Gasteiger partial charge on any atom is -0.331 e. The van der Waals surface area contributed by atoms with Gasteiger partial charge in [0.2, 0.25) is 0 Å². The largest absolute Gasteiger partial charge is 0.331 e. The van der Waals surface area contributed by atoms with Gasteiger partial charge in [-0.3, -0.25) is 0 Å². The summed E-state index contributed by atoms with van der Waals surface area (Å²) in [5, 5.41) is 0. The highest BCUT2D eigenvalue weighted by Crippen LogP contribution is 2.24. The number of hydrogen-bond acceptors (Lipinski definition) is 0. The predicted molar refractivity (Wildman–Crippen MR) is 133 cm³/mol. The van der Waals surface area contributed by atoms with Crippen LogP contribution in [0.25, 0.3) is 0 Å². The lowest BCUT2D eigenvalue weighted by Gasteiger charge is -2.25. The van der Waals surface area contributed by atoms with Crippen molar-refractivity contribution in [2.75, 3.05) is 27.7 Å². The third-order valence-electron chi connectivity index (χ3n) is 7.17. The van der Waals surface area contributed by atoms with Crippen molar-refractivity contribution in [1.82, 2.24) is 0 Å². The first-order chi connectivity index (χ1) is 14.1. The van der Waals surface area contributed by atoms with Gasteiger partial charge in [-0.2, -0.15) is 0 Å². The maximum Gasteiger partial charge on any atom is 0.0780 e. The second kappa shape index (κ2) is 18.7. The van der Waals surface area contributed by atoms with E-state index in [4.69, 9.17) is 0 Å². The van der Waals surface area contributed by atoms with Crippen LogP contribution in [-0.2, 0) is 0 Å². The minimum absolute atomic E-state index is 1.01. The van der Waals surface area contributed by atoms with Crippen molar-refractivity contribution >= 4 is 0 Å². The molecule has 0 aliphatic heterocycles. The van der Waals surface area contributed by atoms with Crippen LogP contribution in [0.2, 0.25) is 0 Å². The molecule has 0 bridgehead atoms. The molecule has 0 radical (unpaired) electrons. The Balaban J connectivity index is 2.27. The molecule has 0 saturated heterocycles. The van der Waals surface area contributed by atoms with Crippen molar-refractivity contribution in [3.05, 3.63) is 0 Å². The van der Waals surface area contributed by atoms with E-state index in [2.05, 4.69) is 21.1 Å². The van der Waals surface area contributed by atoms with E-state index in [0.29, 0.717) is 0 Å². The summed E-state index contributed by atoms with van der Waals surface area (Å²) in [6.45, 7) is 1.34. The molecule has 0 aromatic rings. The highest BCUT2D eigenvalue weighted by atomic mass is 15.3. The molecule has 0 spiro atoms. The lowest BCUT2D eigenvalue weighted by atomic mass is 9.90. The van der Waals surface area contributed by atoms with Crippen molar-refractivity contribution in [2.45, 2.75) is 148 Å². The van der Waals surface area contributed by atoms with Gasteiger partial charge in [0, 0.05) is 0 Å². The second-order valence-electron chi connectivity index (χ2n) is 11.3. The second-order valence-corrected chi connectivity index (χ2v) is 11.3. The molecule has 0 aromatic carbocycles. The fourth-order valence-corrected chi connectivity index (χ4v) is 5.16. The molecule has 1 rings (SSSR count). The predicted octanol–water partition coefficient (Wildman–Crippen LogP) is 9.29. The Morgan fingerprint density at radius 3 is 1.00 bits per heavy atom.